The summed E-state index contributed by atoms with van der Waals surface area (Å²) in [6, 6.07) is 0. The molecule has 4 N–H and O–H groups in total. The maximum Gasteiger partial charge on any atom is 0.221 e. The van der Waals surface area contributed by atoms with Crippen molar-refractivity contribution in [2.24, 2.45) is 21.5 Å². The van der Waals surface area contributed by atoms with Gasteiger partial charge in [0.05, 0.1) is 0 Å². The maximum atomic E-state index is 5.52. The first-order valence-electron chi connectivity index (χ1n) is 2.38. The van der Waals surface area contributed by atoms with Crippen molar-refractivity contribution in [3.8, 4) is 0 Å². The summed E-state index contributed by atoms with van der Waals surface area (Å²) in [5, 5.41) is 0. The van der Waals surface area contributed by atoms with E-state index >= 15 is 0 Å². The zero-order chi connectivity index (χ0) is 7.72. The average Bonchev–Trinajstić information content (AvgIpc) is 1.82. The molecule has 0 aromatic heterocycles. The Morgan fingerprint density at radius 3 is 2.60 bits per heavy atom. The van der Waals surface area contributed by atoms with Crippen LogP contribution in [0.2, 0.25) is 0 Å². The molecule has 1 aliphatic heterocycles. The lowest BCUT2D eigenvalue weighted by Gasteiger charge is -2.20. The number of alkyl halides is 1. The maximum absolute atomic E-state index is 5.52. The molecule has 1 rings (SSSR count). The van der Waals surface area contributed by atoms with E-state index in [1.165, 1.54) is 0 Å². The summed E-state index contributed by atoms with van der Waals surface area (Å²) >= 11 is 11.0. The van der Waals surface area contributed by atoms with Gasteiger partial charge < -0.3 is 11.5 Å². The molecule has 0 aliphatic carbocycles. The highest BCUT2D eigenvalue weighted by Gasteiger charge is 2.19. The van der Waals surface area contributed by atoms with Gasteiger partial charge in [-0.05, 0) is 0 Å². The number of guanidine groups is 2. The van der Waals surface area contributed by atoms with Gasteiger partial charge in [0.25, 0.3) is 0 Å². The van der Waals surface area contributed by atoms with Gasteiger partial charge in [-0.2, -0.15) is 4.99 Å². The van der Waals surface area contributed by atoms with Gasteiger partial charge in [0, 0.05) is 11.8 Å². The van der Waals surface area contributed by atoms with Crippen LogP contribution in [0.5, 0.6) is 0 Å². The number of nitrogens with zero attached hydrogens (tertiary/aromatic N) is 3. The first-order chi connectivity index (χ1) is 4.61. The van der Waals surface area contributed by atoms with Gasteiger partial charge in [-0.3, -0.25) is 0 Å². The predicted molar refractivity (Wildman–Crippen MR) is 40.6 cm³/mol. The molecular formula is C3H5Cl2N5. The van der Waals surface area contributed by atoms with Crippen molar-refractivity contribution < 1.29 is 0 Å². The summed E-state index contributed by atoms with van der Waals surface area (Å²) in [7, 11) is 0. The highest BCUT2D eigenvalue weighted by atomic mass is 35.5. The second-order valence-electron chi connectivity index (χ2n) is 1.58. The molecule has 0 fully saturated rings. The predicted octanol–water partition coefficient (Wildman–Crippen LogP) is -0.392. The quantitative estimate of drug-likeness (QED) is 0.304. The third-order valence-electron chi connectivity index (χ3n) is 0.874. The molecule has 7 heteroatoms. The van der Waals surface area contributed by atoms with Crippen LogP contribution in [0, 0.1) is 0 Å². The normalized spacial score (nSPS) is 25.8. The van der Waals surface area contributed by atoms with Gasteiger partial charge in [-0.1, -0.05) is 11.6 Å². The minimum atomic E-state index is -0.765. The van der Waals surface area contributed by atoms with Crippen LogP contribution < -0.4 is 11.5 Å². The molecule has 1 atom stereocenters. The molecule has 56 valence electrons. The average molecular weight is 182 g/mol. The topological polar surface area (TPSA) is 80.0 Å². The number of hydrogen-bond acceptors (Lipinski definition) is 5. The van der Waals surface area contributed by atoms with Crippen LogP contribution in [0.25, 0.3) is 0 Å². The fourth-order valence-electron chi connectivity index (χ4n) is 0.463. The Morgan fingerprint density at radius 2 is 2.10 bits per heavy atom. The van der Waals surface area contributed by atoms with Crippen LogP contribution >= 0.6 is 23.4 Å². The summed E-state index contributed by atoms with van der Waals surface area (Å²) in [5.41, 5.74) is 9.68. The standard InChI is InChI=1S/C3H5Cl2N5/c4-1-8-2(6)9-3(7)10(1)5/h1H,(H4,6,7,8,9). The van der Waals surface area contributed by atoms with E-state index in [9.17, 15) is 0 Å². The van der Waals surface area contributed by atoms with Gasteiger partial charge >= 0.3 is 0 Å². The molecular weight excluding hydrogens is 177 g/mol. The van der Waals surface area contributed by atoms with Crippen LogP contribution in [0.1, 0.15) is 0 Å². The highest BCUT2D eigenvalue weighted by molar-refractivity contribution is 6.31. The zero-order valence-electron chi connectivity index (χ0n) is 4.83. The summed E-state index contributed by atoms with van der Waals surface area (Å²) < 4.78 is 0.984. The largest absolute Gasteiger partial charge is 0.368 e. The number of aliphatic imine (C=N–C) groups is 2. The van der Waals surface area contributed by atoms with Gasteiger partial charge in [0.2, 0.25) is 17.5 Å². The van der Waals surface area contributed by atoms with Crippen LogP contribution in [0.3, 0.4) is 0 Å². The third kappa shape index (κ3) is 1.25. The van der Waals surface area contributed by atoms with Crippen LogP contribution in [-0.4, -0.2) is 22.0 Å². The van der Waals surface area contributed by atoms with Crippen molar-refractivity contribution in [3.05, 3.63) is 0 Å². The van der Waals surface area contributed by atoms with E-state index in [0.717, 1.165) is 4.42 Å². The number of halogens is 2. The Kier molecular flexibility index (Phi) is 1.87. The van der Waals surface area contributed by atoms with E-state index in [-0.39, 0.29) is 11.9 Å². The molecule has 1 heterocycles. The van der Waals surface area contributed by atoms with Gasteiger partial charge in [0.15, 0.2) is 0 Å². The van der Waals surface area contributed by atoms with E-state index in [0.29, 0.717) is 0 Å². The lowest BCUT2D eigenvalue weighted by atomic mass is 10.8. The Hall–Kier alpha value is -0.680. The molecule has 0 saturated heterocycles. The third-order valence-corrected chi connectivity index (χ3v) is 1.62. The summed E-state index contributed by atoms with van der Waals surface area (Å²) in [4.78, 5) is 7.15. The van der Waals surface area contributed by atoms with E-state index < -0.39 is 5.62 Å². The molecule has 0 spiro atoms. The van der Waals surface area contributed by atoms with Crippen LogP contribution in [0.15, 0.2) is 9.98 Å². The summed E-state index contributed by atoms with van der Waals surface area (Å²) in [6.45, 7) is 0. The van der Waals surface area contributed by atoms with Gasteiger partial charge in [0.1, 0.15) is 0 Å². The van der Waals surface area contributed by atoms with E-state index in [2.05, 4.69) is 9.98 Å². The lowest BCUT2D eigenvalue weighted by molar-refractivity contribution is 0.599. The Balaban J connectivity index is 2.85. The van der Waals surface area contributed by atoms with Crippen LogP contribution in [0.4, 0.5) is 0 Å². The zero-order valence-corrected chi connectivity index (χ0v) is 6.34. The number of hydrogen-bond donors (Lipinski definition) is 2. The fraction of sp³-hybridized carbons (Fsp3) is 0.333. The van der Waals surface area contributed by atoms with E-state index in [4.69, 9.17) is 34.8 Å². The molecule has 0 saturated carbocycles. The summed E-state index contributed by atoms with van der Waals surface area (Å²) in [6.07, 6.45) is 0. The van der Waals surface area contributed by atoms with Crippen molar-refractivity contribution in [1.29, 1.82) is 0 Å². The Bertz CT molecular complexity index is 199. The number of rotatable bonds is 0. The minimum absolute atomic E-state index is 0.0365. The second kappa shape index (κ2) is 2.51. The van der Waals surface area contributed by atoms with Crippen molar-refractivity contribution >= 4 is 35.3 Å². The van der Waals surface area contributed by atoms with Gasteiger partial charge in [-0.15, -0.1) is 0 Å². The van der Waals surface area contributed by atoms with E-state index in [1.807, 2.05) is 0 Å². The molecule has 10 heavy (non-hydrogen) atoms. The summed E-state index contributed by atoms with van der Waals surface area (Å²) in [5.74, 6) is 0.0866. The van der Waals surface area contributed by atoms with Crippen LogP contribution in [-0.2, 0) is 0 Å². The molecule has 1 aliphatic rings. The fourth-order valence-corrected chi connectivity index (χ4v) is 0.744. The monoisotopic (exact) mass is 181 g/mol. The van der Waals surface area contributed by atoms with E-state index in [1.54, 1.807) is 0 Å². The Morgan fingerprint density at radius 1 is 1.50 bits per heavy atom. The van der Waals surface area contributed by atoms with Crippen molar-refractivity contribution in [2.45, 2.75) is 5.62 Å². The molecule has 5 nitrogen and oxygen atoms in total. The molecule has 0 aromatic rings. The van der Waals surface area contributed by atoms with Crippen molar-refractivity contribution in [1.82, 2.24) is 4.42 Å². The SMILES string of the molecule is NC1=NC(Cl)N(Cl)C(N)=N1. The minimum Gasteiger partial charge on any atom is -0.368 e. The molecule has 0 amide bonds. The van der Waals surface area contributed by atoms with Gasteiger partial charge in [-0.25, -0.2) is 9.41 Å². The molecule has 1 unspecified atom stereocenters. The van der Waals surface area contributed by atoms with Crippen molar-refractivity contribution in [3.63, 3.8) is 0 Å². The highest BCUT2D eigenvalue weighted by Crippen LogP contribution is 2.12. The first-order valence-corrected chi connectivity index (χ1v) is 3.15. The smallest absolute Gasteiger partial charge is 0.221 e. The first kappa shape index (κ1) is 7.43. The van der Waals surface area contributed by atoms with Crippen molar-refractivity contribution in [2.75, 3.05) is 0 Å². The molecule has 0 radical (unpaired) electrons. The number of nitrogens with two attached hydrogens (primary N) is 2. The Labute approximate surface area is 67.4 Å². The second-order valence-corrected chi connectivity index (χ2v) is 2.33. The molecule has 0 bridgehead atoms. The lowest BCUT2D eigenvalue weighted by Crippen LogP contribution is -2.40. The molecule has 0 aromatic carbocycles.